The van der Waals surface area contributed by atoms with Crippen LogP contribution in [0.2, 0.25) is 0 Å². The molecular formula is C9H18O2. The monoisotopic (exact) mass is 158 g/mol. The molecule has 0 aromatic carbocycles. The molecule has 0 heterocycles. The van der Waals surface area contributed by atoms with Crippen LogP contribution in [0.1, 0.15) is 26.2 Å². The number of hydrogen-bond acceptors (Lipinski definition) is 2. The summed E-state index contributed by atoms with van der Waals surface area (Å²) in [5, 5.41) is 0. The van der Waals surface area contributed by atoms with Crippen LogP contribution in [0, 0.1) is 5.92 Å². The van der Waals surface area contributed by atoms with Gasteiger partial charge in [0.1, 0.15) is 0 Å². The average Bonchev–Trinajstić information content (AvgIpc) is 2.37. The molecule has 0 radical (unpaired) electrons. The summed E-state index contributed by atoms with van der Waals surface area (Å²) in [5.74, 6) is 0.863. The van der Waals surface area contributed by atoms with Crippen molar-refractivity contribution in [3.05, 3.63) is 0 Å². The van der Waals surface area contributed by atoms with Crippen LogP contribution in [-0.2, 0) is 9.47 Å². The SMILES string of the molecule is COCCOC1CCC(C)C1. The van der Waals surface area contributed by atoms with Crippen molar-refractivity contribution in [2.75, 3.05) is 20.3 Å². The van der Waals surface area contributed by atoms with Gasteiger partial charge < -0.3 is 9.47 Å². The molecule has 11 heavy (non-hydrogen) atoms. The minimum absolute atomic E-state index is 0.514. The van der Waals surface area contributed by atoms with E-state index in [-0.39, 0.29) is 0 Å². The van der Waals surface area contributed by atoms with Crippen LogP contribution in [0.15, 0.2) is 0 Å². The molecule has 0 bridgehead atoms. The molecule has 2 heteroatoms. The minimum Gasteiger partial charge on any atom is -0.382 e. The summed E-state index contributed by atoms with van der Waals surface area (Å²) in [6.45, 7) is 3.78. The second-order valence-electron chi connectivity index (χ2n) is 3.40. The maximum atomic E-state index is 5.59. The van der Waals surface area contributed by atoms with Crippen molar-refractivity contribution in [2.24, 2.45) is 5.92 Å². The quantitative estimate of drug-likeness (QED) is 0.581. The second-order valence-corrected chi connectivity index (χ2v) is 3.40. The van der Waals surface area contributed by atoms with Crippen LogP contribution in [-0.4, -0.2) is 26.4 Å². The van der Waals surface area contributed by atoms with Gasteiger partial charge in [-0.1, -0.05) is 6.92 Å². The molecule has 1 fully saturated rings. The fraction of sp³-hybridized carbons (Fsp3) is 1.00. The van der Waals surface area contributed by atoms with Gasteiger partial charge in [0.05, 0.1) is 19.3 Å². The second kappa shape index (κ2) is 4.73. The average molecular weight is 158 g/mol. The first kappa shape index (κ1) is 9.01. The molecule has 2 atom stereocenters. The zero-order valence-corrected chi connectivity index (χ0v) is 7.51. The normalized spacial score (nSPS) is 31.1. The largest absolute Gasteiger partial charge is 0.382 e. The van der Waals surface area contributed by atoms with E-state index in [0.717, 1.165) is 19.1 Å². The predicted octanol–water partition coefficient (Wildman–Crippen LogP) is 1.84. The van der Waals surface area contributed by atoms with Crippen LogP contribution in [0.3, 0.4) is 0 Å². The summed E-state index contributed by atoms with van der Waals surface area (Å²) in [6.07, 6.45) is 4.33. The number of rotatable bonds is 4. The van der Waals surface area contributed by atoms with Crippen LogP contribution in [0.25, 0.3) is 0 Å². The zero-order chi connectivity index (χ0) is 8.10. The van der Waals surface area contributed by atoms with Gasteiger partial charge in [-0.15, -0.1) is 0 Å². The van der Waals surface area contributed by atoms with Crippen molar-refractivity contribution >= 4 is 0 Å². The smallest absolute Gasteiger partial charge is 0.0704 e. The maximum absolute atomic E-state index is 5.59. The third kappa shape index (κ3) is 3.21. The molecule has 2 unspecified atom stereocenters. The first-order valence-corrected chi connectivity index (χ1v) is 4.43. The van der Waals surface area contributed by atoms with Crippen LogP contribution in [0.4, 0.5) is 0 Å². The number of hydrogen-bond donors (Lipinski definition) is 0. The molecule has 0 N–H and O–H groups in total. The lowest BCUT2D eigenvalue weighted by Crippen LogP contribution is -2.12. The van der Waals surface area contributed by atoms with Gasteiger partial charge in [0.25, 0.3) is 0 Å². The Labute approximate surface area is 68.9 Å². The lowest BCUT2D eigenvalue weighted by Gasteiger charge is -2.10. The zero-order valence-electron chi connectivity index (χ0n) is 7.51. The molecule has 0 amide bonds. The summed E-state index contributed by atoms with van der Waals surface area (Å²) in [5.41, 5.74) is 0. The molecule has 0 spiro atoms. The lowest BCUT2D eigenvalue weighted by atomic mass is 10.1. The molecule has 0 aliphatic heterocycles. The van der Waals surface area contributed by atoms with E-state index in [0.29, 0.717) is 6.10 Å². The van der Waals surface area contributed by atoms with Crippen molar-refractivity contribution in [2.45, 2.75) is 32.3 Å². The Bertz CT molecular complexity index is 104. The van der Waals surface area contributed by atoms with Gasteiger partial charge in [0, 0.05) is 7.11 Å². The molecular weight excluding hydrogens is 140 g/mol. The van der Waals surface area contributed by atoms with E-state index in [1.807, 2.05) is 0 Å². The van der Waals surface area contributed by atoms with Crippen molar-refractivity contribution in [1.29, 1.82) is 0 Å². The lowest BCUT2D eigenvalue weighted by molar-refractivity contribution is 0.0195. The molecule has 0 aromatic rings. The van der Waals surface area contributed by atoms with Crippen molar-refractivity contribution in [3.8, 4) is 0 Å². The van der Waals surface area contributed by atoms with E-state index in [9.17, 15) is 0 Å². The summed E-state index contributed by atoms with van der Waals surface area (Å²) in [4.78, 5) is 0. The van der Waals surface area contributed by atoms with Gasteiger partial charge in [-0.3, -0.25) is 0 Å². The van der Waals surface area contributed by atoms with Crippen molar-refractivity contribution in [1.82, 2.24) is 0 Å². The Kier molecular flexibility index (Phi) is 3.87. The molecule has 1 aliphatic rings. The van der Waals surface area contributed by atoms with E-state index < -0.39 is 0 Å². The summed E-state index contributed by atoms with van der Waals surface area (Å²) < 4.78 is 10.5. The van der Waals surface area contributed by atoms with Gasteiger partial charge >= 0.3 is 0 Å². The highest BCUT2D eigenvalue weighted by molar-refractivity contribution is 4.72. The van der Waals surface area contributed by atoms with Gasteiger partial charge in [-0.25, -0.2) is 0 Å². The highest BCUT2D eigenvalue weighted by Gasteiger charge is 2.21. The van der Waals surface area contributed by atoms with E-state index in [1.54, 1.807) is 7.11 Å². The maximum Gasteiger partial charge on any atom is 0.0704 e. The van der Waals surface area contributed by atoms with E-state index >= 15 is 0 Å². The molecule has 1 aliphatic carbocycles. The van der Waals surface area contributed by atoms with E-state index in [2.05, 4.69) is 6.92 Å². The highest BCUT2D eigenvalue weighted by atomic mass is 16.5. The predicted molar refractivity (Wildman–Crippen MR) is 44.6 cm³/mol. The first-order valence-electron chi connectivity index (χ1n) is 4.43. The fourth-order valence-electron chi connectivity index (χ4n) is 1.60. The molecule has 0 aromatic heterocycles. The standard InChI is InChI=1S/C9H18O2/c1-8-3-4-9(7-8)11-6-5-10-2/h8-9H,3-7H2,1-2H3. The Morgan fingerprint density at radius 1 is 1.27 bits per heavy atom. The Morgan fingerprint density at radius 2 is 2.09 bits per heavy atom. The third-order valence-electron chi connectivity index (χ3n) is 2.29. The van der Waals surface area contributed by atoms with Gasteiger partial charge in [0.15, 0.2) is 0 Å². The Balaban J connectivity index is 1.99. The molecule has 0 saturated heterocycles. The first-order chi connectivity index (χ1) is 5.33. The van der Waals surface area contributed by atoms with Gasteiger partial charge in [0.2, 0.25) is 0 Å². The topological polar surface area (TPSA) is 18.5 Å². The Hall–Kier alpha value is -0.0800. The highest BCUT2D eigenvalue weighted by Crippen LogP contribution is 2.26. The summed E-state index contributed by atoms with van der Waals surface area (Å²) >= 11 is 0. The Morgan fingerprint density at radius 3 is 2.64 bits per heavy atom. The van der Waals surface area contributed by atoms with Crippen molar-refractivity contribution < 1.29 is 9.47 Å². The number of ether oxygens (including phenoxy) is 2. The van der Waals surface area contributed by atoms with Gasteiger partial charge in [-0.2, -0.15) is 0 Å². The molecule has 2 nitrogen and oxygen atoms in total. The third-order valence-corrected chi connectivity index (χ3v) is 2.29. The number of methoxy groups -OCH3 is 1. The van der Waals surface area contributed by atoms with E-state index in [4.69, 9.17) is 9.47 Å². The van der Waals surface area contributed by atoms with Crippen LogP contribution >= 0.6 is 0 Å². The van der Waals surface area contributed by atoms with Crippen molar-refractivity contribution in [3.63, 3.8) is 0 Å². The van der Waals surface area contributed by atoms with Crippen LogP contribution < -0.4 is 0 Å². The summed E-state index contributed by atoms with van der Waals surface area (Å²) in [7, 11) is 1.71. The molecule has 1 rings (SSSR count). The molecule has 66 valence electrons. The van der Waals surface area contributed by atoms with Gasteiger partial charge in [-0.05, 0) is 25.2 Å². The molecule has 1 saturated carbocycles. The minimum atomic E-state index is 0.514. The van der Waals surface area contributed by atoms with Crippen LogP contribution in [0.5, 0.6) is 0 Å². The summed E-state index contributed by atoms with van der Waals surface area (Å²) in [6, 6.07) is 0. The van der Waals surface area contributed by atoms with E-state index in [1.165, 1.54) is 19.3 Å². The fourth-order valence-corrected chi connectivity index (χ4v) is 1.60.